The van der Waals surface area contributed by atoms with Gasteiger partial charge in [0.1, 0.15) is 5.82 Å². The molecule has 0 spiro atoms. The summed E-state index contributed by atoms with van der Waals surface area (Å²) in [5.74, 6) is -1.76. The van der Waals surface area contributed by atoms with Gasteiger partial charge in [-0.05, 0) is 17.7 Å². The minimum absolute atomic E-state index is 0.0569. The van der Waals surface area contributed by atoms with E-state index in [-0.39, 0.29) is 6.54 Å². The van der Waals surface area contributed by atoms with Crippen LogP contribution in [0.25, 0.3) is 0 Å². The van der Waals surface area contributed by atoms with Gasteiger partial charge in [-0.25, -0.2) is 14.0 Å². The van der Waals surface area contributed by atoms with Crippen molar-refractivity contribution in [3.8, 4) is 0 Å². The minimum Gasteiger partial charge on any atom is -0.480 e. The molecule has 0 saturated carbocycles. The molecule has 1 rings (SSSR count). The van der Waals surface area contributed by atoms with E-state index in [0.29, 0.717) is 5.56 Å². The number of carbonyl (C=O) groups excluding carboxylic acids is 1. The lowest BCUT2D eigenvalue weighted by atomic mass is 10.2. The number of amides is 2. The summed E-state index contributed by atoms with van der Waals surface area (Å²) in [6.07, 6.45) is 0. The molecule has 0 heterocycles. The molecule has 18 heavy (non-hydrogen) atoms. The Morgan fingerprint density at radius 3 is 2.67 bits per heavy atom. The first-order valence-electron chi connectivity index (χ1n) is 5.15. The van der Waals surface area contributed by atoms with Gasteiger partial charge in [0.05, 0.1) is 6.61 Å². The Morgan fingerprint density at radius 1 is 1.39 bits per heavy atom. The molecule has 1 unspecified atom stereocenters. The fourth-order valence-electron chi connectivity index (χ4n) is 1.22. The largest absolute Gasteiger partial charge is 0.480 e. The second kappa shape index (κ2) is 6.55. The fourth-order valence-corrected chi connectivity index (χ4v) is 1.22. The number of aliphatic carboxylic acids is 1. The molecule has 4 N–H and O–H groups in total. The van der Waals surface area contributed by atoms with Gasteiger partial charge in [0.2, 0.25) is 0 Å². The lowest BCUT2D eigenvalue weighted by Gasteiger charge is -2.12. The number of carboxylic acids is 1. The number of carboxylic acid groups (broad SMARTS) is 1. The Kier molecular flexibility index (Phi) is 5.06. The highest BCUT2D eigenvalue weighted by molar-refractivity contribution is 5.82. The zero-order chi connectivity index (χ0) is 13.5. The van der Waals surface area contributed by atoms with Gasteiger partial charge in [-0.2, -0.15) is 0 Å². The first-order valence-corrected chi connectivity index (χ1v) is 5.15. The second-order valence-electron chi connectivity index (χ2n) is 3.53. The Labute approximate surface area is 102 Å². The number of aliphatic hydroxyl groups excluding tert-OH is 1. The van der Waals surface area contributed by atoms with Gasteiger partial charge in [0.25, 0.3) is 0 Å². The average Bonchev–Trinajstić information content (AvgIpc) is 2.33. The summed E-state index contributed by atoms with van der Waals surface area (Å²) < 4.78 is 12.8. The number of nitrogens with one attached hydrogen (secondary N) is 2. The van der Waals surface area contributed by atoms with Crippen LogP contribution < -0.4 is 10.6 Å². The molecule has 0 bridgehead atoms. The molecule has 0 aliphatic heterocycles. The van der Waals surface area contributed by atoms with E-state index < -0.39 is 30.5 Å². The second-order valence-corrected chi connectivity index (χ2v) is 3.53. The lowest BCUT2D eigenvalue weighted by Crippen LogP contribution is -2.47. The van der Waals surface area contributed by atoms with Crippen LogP contribution in [0.1, 0.15) is 5.56 Å². The number of hydrogen-bond donors (Lipinski definition) is 4. The van der Waals surface area contributed by atoms with Gasteiger partial charge >= 0.3 is 12.0 Å². The normalized spacial score (nSPS) is 11.7. The summed E-state index contributed by atoms with van der Waals surface area (Å²) in [5.41, 5.74) is 0.543. The van der Waals surface area contributed by atoms with Crippen molar-refractivity contribution in [2.75, 3.05) is 6.61 Å². The van der Waals surface area contributed by atoms with E-state index in [1.54, 1.807) is 6.07 Å². The van der Waals surface area contributed by atoms with Gasteiger partial charge in [0, 0.05) is 6.54 Å². The molecule has 0 fully saturated rings. The molecule has 0 aromatic heterocycles. The minimum atomic E-state index is -1.36. The summed E-state index contributed by atoms with van der Waals surface area (Å²) in [6.45, 7) is -0.649. The number of aliphatic hydroxyl groups is 1. The van der Waals surface area contributed by atoms with Gasteiger partial charge in [-0.1, -0.05) is 12.1 Å². The van der Waals surface area contributed by atoms with E-state index in [4.69, 9.17) is 10.2 Å². The standard InChI is InChI=1S/C11H13FN2O4/c12-8-3-1-2-7(4-8)5-13-11(18)14-9(6-15)10(16)17/h1-4,9,15H,5-6H2,(H,16,17)(H2,13,14,18). The zero-order valence-corrected chi connectivity index (χ0v) is 9.39. The number of halogens is 1. The summed E-state index contributed by atoms with van der Waals surface area (Å²) >= 11 is 0. The third kappa shape index (κ3) is 4.38. The highest BCUT2D eigenvalue weighted by atomic mass is 19.1. The molecular weight excluding hydrogens is 243 g/mol. The maximum Gasteiger partial charge on any atom is 0.328 e. The number of rotatable bonds is 5. The van der Waals surface area contributed by atoms with Crippen molar-refractivity contribution in [3.63, 3.8) is 0 Å². The Hall–Kier alpha value is -2.15. The predicted octanol–water partition coefficient (Wildman–Crippen LogP) is 0.0704. The summed E-state index contributed by atoms with van der Waals surface area (Å²) in [4.78, 5) is 21.8. The van der Waals surface area contributed by atoms with Crippen molar-refractivity contribution in [2.24, 2.45) is 0 Å². The molecule has 1 aromatic carbocycles. The molecule has 0 radical (unpaired) electrons. The SMILES string of the molecule is O=C(NCc1cccc(F)c1)NC(CO)C(=O)O. The first kappa shape index (κ1) is 13.9. The lowest BCUT2D eigenvalue weighted by molar-refractivity contribution is -0.140. The highest BCUT2D eigenvalue weighted by Crippen LogP contribution is 2.02. The predicted molar refractivity (Wildman–Crippen MR) is 60.3 cm³/mol. The van der Waals surface area contributed by atoms with Crippen molar-refractivity contribution >= 4 is 12.0 Å². The van der Waals surface area contributed by atoms with Crippen molar-refractivity contribution in [1.82, 2.24) is 10.6 Å². The maximum atomic E-state index is 12.8. The van der Waals surface area contributed by atoms with Crippen molar-refractivity contribution in [3.05, 3.63) is 35.6 Å². The van der Waals surface area contributed by atoms with Crippen LogP contribution in [0.3, 0.4) is 0 Å². The molecule has 1 aromatic rings. The van der Waals surface area contributed by atoms with Crippen LogP contribution in [0.15, 0.2) is 24.3 Å². The van der Waals surface area contributed by atoms with Crippen LogP contribution >= 0.6 is 0 Å². The molecular formula is C11H13FN2O4. The van der Waals surface area contributed by atoms with E-state index in [9.17, 15) is 14.0 Å². The molecule has 0 saturated heterocycles. The smallest absolute Gasteiger partial charge is 0.328 e. The van der Waals surface area contributed by atoms with E-state index >= 15 is 0 Å². The number of carbonyl (C=O) groups is 2. The van der Waals surface area contributed by atoms with Crippen LogP contribution in [-0.2, 0) is 11.3 Å². The molecule has 0 aliphatic rings. The topological polar surface area (TPSA) is 98.7 Å². The maximum absolute atomic E-state index is 12.8. The van der Waals surface area contributed by atoms with Crippen LogP contribution in [0, 0.1) is 5.82 Å². The van der Waals surface area contributed by atoms with Gasteiger partial charge < -0.3 is 20.8 Å². The Balaban J connectivity index is 2.44. The quantitative estimate of drug-likeness (QED) is 0.599. The van der Waals surface area contributed by atoms with E-state index in [2.05, 4.69) is 10.6 Å². The van der Waals surface area contributed by atoms with E-state index in [1.807, 2.05) is 0 Å². The van der Waals surface area contributed by atoms with Crippen molar-refractivity contribution < 1.29 is 24.2 Å². The van der Waals surface area contributed by atoms with Crippen molar-refractivity contribution in [1.29, 1.82) is 0 Å². The van der Waals surface area contributed by atoms with E-state index in [0.717, 1.165) is 0 Å². The van der Waals surface area contributed by atoms with Crippen LogP contribution in [0.2, 0.25) is 0 Å². The monoisotopic (exact) mass is 256 g/mol. The fraction of sp³-hybridized carbons (Fsp3) is 0.273. The Morgan fingerprint density at radius 2 is 2.11 bits per heavy atom. The van der Waals surface area contributed by atoms with E-state index in [1.165, 1.54) is 18.2 Å². The number of urea groups is 1. The van der Waals surface area contributed by atoms with Crippen LogP contribution in [0.4, 0.5) is 9.18 Å². The van der Waals surface area contributed by atoms with Crippen LogP contribution in [0.5, 0.6) is 0 Å². The molecule has 0 aliphatic carbocycles. The zero-order valence-electron chi connectivity index (χ0n) is 9.39. The molecule has 2 amide bonds. The molecule has 7 heteroatoms. The summed E-state index contributed by atoms with van der Waals surface area (Å²) in [7, 11) is 0. The van der Waals surface area contributed by atoms with Crippen LogP contribution in [-0.4, -0.2) is 34.9 Å². The number of hydrogen-bond acceptors (Lipinski definition) is 3. The Bertz CT molecular complexity index is 439. The molecule has 6 nitrogen and oxygen atoms in total. The van der Waals surface area contributed by atoms with Crippen molar-refractivity contribution in [2.45, 2.75) is 12.6 Å². The first-order chi connectivity index (χ1) is 8.52. The average molecular weight is 256 g/mol. The number of benzene rings is 1. The third-order valence-corrected chi connectivity index (χ3v) is 2.13. The molecule has 1 atom stereocenters. The third-order valence-electron chi connectivity index (χ3n) is 2.13. The van der Waals surface area contributed by atoms with Gasteiger partial charge in [-0.3, -0.25) is 0 Å². The summed E-state index contributed by atoms with van der Waals surface area (Å²) in [5, 5.41) is 21.7. The van der Waals surface area contributed by atoms with Gasteiger partial charge in [0.15, 0.2) is 6.04 Å². The molecule has 98 valence electrons. The summed E-state index contributed by atoms with van der Waals surface area (Å²) in [6, 6.07) is 3.53. The van der Waals surface area contributed by atoms with Gasteiger partial charge in [-0.15, -0.1) is 0 Å². The highest BCUT2D eigenvalue weighted by Gasteiger charge is 2.18.